The van der Waals surface area contributed by atoms with Crippen LogP contribution in [0.2, 0.25) is 0 Å². The van der Waals surface area contributed by atoms with Crippen LogP contribution >= 0.6 is 0 Å². The molecule has 1 saturated heterocycles. The highest BCUT2D eigenvalue weighted by Crippen LogP contribution is 2.43. The molecule has 4 aliphatic rings. The molecule has 2 aromatic rings. The van der Waals surface area contributed by atoms with Gasteiger partial charge in [-0.3, -0.25) is 14.5 Å². The van der Waals surface area contributed by atoms with Gasteiger partial charge in [-0.2, -0.15) is 0 Å². The number of hydrogen-bond acceptors (Lipinski definition) is 4. The van der Waals surface area contributed by atoms with Crippen molar-refractivity contribution in [2.24, 2.45) is 5.92 Å². The van der Waals surface area contributed by atoms with Gasteiger partial charge in [0, 0.05) is 25.3 Å². The molecule has 0 bridgehead atoms. The van der Waals surface area contributed by atoms with E-state index in [0.717, 1.165) is 40.9 Å². The number of nitrogens with one attached hydrogen (secondary N) is 3. The van der Waals surface area contributed by atoms with Gasteiger partial charge in [-0.15, -0.1) is 0 Å². The third-order valence-electron chi connectivity index (χ3n) is 8.39. The molecule has 9 nitrogen and oxygen atoms in total. The lowest BCUT2D eigenvalue weighted by molar-refractivity contribution is -0.141. The molecule has 2 fully saturated rings. The molecule has 198 valence electrons. The van der Waals surface area contributed by atoms with Crippen LogP contribution < -0.4 is 16.0 Å². The Labute approximate surface area is 219 Å². The molecule has 38 heavy (non-hydrogen) atoms. The monoisotopic (exact) mass is 519 g/mol. The van der Waals surface area contributed by atoms with Crippen LogP contribution in [0.25, 0.3) is 0 Å². The Bertz CT molecular complexity index is 1360. The molecule has 10 heteroatoms. The second-order valence-electron chi connectivity index (χ2n) is 10.7. The lowest BCUT2D eigenvalue weighted by Gasteiger charge is -2.31. The number of urea groups is 2. The lowest BCUT2D eigenvalue weighted by atomic mass is 9.91. The zero-order valence-electron chi connectivity index (χ0n) is 21.2. The molecule has 6 rings (SSSR count). The number of benzene rings is 2. The average molecular weight is 520 g/mol. The Morgan fingerprint density at radius 1 is 1.05 bits per heavy atom. The Kier molecular flexibility index (Phi) is 5.85. The van der Waals surface area contributed by atoms with Gasteiger partial charge >= 0.3 is 12.1 Å². The highest BCUT2D eigenvalue weighted by molar-refractivity contribution is 6.10. The molecule has 0 radical (unpaired) electrons. The molecule has 2 unspecified atom stereocenters. The topological polar surface area (TPSA) is 111 Å². The van der Waals surface area contributed by atoms with Gasteiger partial charge in [-0.25, -0.2) is 14.0 Å². The van der Waals surface area contributed by atoms with Gasteiger partial charge in [0.2, 0.25) is 5.91 Å². The number of rotatable bonds is 4. The van der Waals surface area contributed by atoms with Gasteiger partial charge < -0.3 is 20.9 Å². The van der Waals surface area contributed by atoms with Crippen molar-refractivity contribution in [3.8, 4) is 0 Å². The molecule has 2 aromatic carbocycles. The van der Waals surface area contributed by atoms with Crippen LogP contribution in [0.3, 0.4) is 0 Å². The summed E-state index contributed by atoms with van der Waals surface area (Å²) in [6, 6.07) is 9.02. The van der Waals surface area contributed by atoms with Crippen molar-refractivity contribution in [3.63, 3.8) is 0 Å². The number of imide groups is 1. The zero-order chi connectivity index (χ0) is 26.6. The predicted octanol–water partition coefficient (Wildman–Crippen LogP) is 3.02. The molecule has 1 saturated carbocycles. The number of hydrogen-bond donors (Lipinski definition) is 3. The molecule has 2 aliphatic carbocycles. The highest BCUT2D eigenvalue weighted by atomic mass is 19.1. The fourth-order valence-corrected chi connectivity index (χ4v) is 6.28. The van der Waals surface area contributed by atoms with E-state index in [2.05, 4.69) is 16.0 Å². The van der Waals surface area contributed by atoms with E-state index in [0.29, 0.717) is 43.0 Å². The highest BCUT2D eigenvalue weighted by Gasteiger charge is 2.56. The summed E-state index contributed by atoms with van der Waals surface area (Å²) in [5.74, 6) is -0.596. The Morgan fingerprint density at radius 3 is 2.63 bits per heavy atom. The summed E-state index contributed by atoms with van der Waals surface area (Å²) in [4.78, 5) is 55.0. The molecule has 2 atom stereocenters. The number of amides is 6. The van der Waals surface area contributed by atoms with E-state index in [4.69, 9.17) is 0 Å². The molecule has 3 N–H and O–H groups in total. The molecular formula is C28H30FN5O4. The first-order valence-electron chi connectivity index (χ1n) is 13.1. The maximum atomic E-state index is 13.9. The number of anilines is 1. The minimum absolute atomic E-state index is 0.00568. The second kappa shape index (κ2) is 9.11. The summed E-state index contributed by atoms with van der Waals surface area (Å²) < 4.78 is 13.9. The van der Waals surface area contributed by atoms with Crippen LogP contribution in [0.4, 0.5) is 19.7 Å². The van der Waals surface area contributed by atoms with E-state index < -0.39 is 17.5 Å². The van der Waals surface area contributed by atoms with Crippen molar-refractivity contribution in [2.45, 2.75) is 56.7 Å². The summed E-state index contributed by atoms with van der Waals surface area (Å²) in [7, 11) is 1.53. The fraction of sp³-hybridized carbons (Fsp3) is 0.429. The third-order valence-corrected chi connectivity index (χ3v) is 8.39. The van der Waals surface area contributed by atoms with E-state index in [-0.39, 0.29) is 30.3 Å². The predicted molar refractivity (Wildman–Crippen MR) is 137 cm³/mol. The lowest BCUT2D eigenvalue weighted by Crippen LogP contribution is -2.48. The molecular weight excluding hydrogens is 489 g/mol. The van der Waals surface area contributed by atoms with E-state index in [1.165, 1.54) is 13.1 Å². The first kappa shape index (κ1) is 24.4. The molecule has 0 aromatic heterocycles. The van der Waals surface area contributed by atoms with E-state index in [1.54, 1.807) is 29.2 Å². The van der Waals surface area contributed by atoms with E-state index in [1.807, 2.05) is 6.07 Å². The second-order valence-corrected chi connectivity index (χ2v) is 10.7. The zero-order valence-corrected chi connectivity index (χ0v) is 21.2. The molecule has 2 heterocycles. The van der Waals surface area contributed by atoms with Crippen LogP contribution in [0.5, 0.6) is 0 Å². The molecule has 6 amide bonds. The van der Waals surface area contributed by atoms with Gasteiger partial charge in [-0.1, -0.05) is 12.1 Å². The van der Waals surface area contributed by atoms with Crippen LogP contribution in [0.15, 0.2) is 36.4 Å². The summed E-state index contributed by atoms with van der Waals surface area (Å²) in [6.07, 6.45) is 4.44. The SMILES string of the molecule is CNC(=O)Nc1ccc2c(c1)CCC21NC(=O)N(CC(=O)N2Cc3ccc(F)cc3CCC2C2CC2)C1=O. The Hall–Kier alpha value is -3.95. The first-order chi connectivity index (χ1) is 18.3. The third kappa shape index (κ3) is 4.08. The summed E-state index contributed by atoms with van der Waals surface area (Å²) >= 11 is 0. The van der Waals surface area contributed by atoms with Gasteiger partial charge in [0.25, 0.3) is 5.91 Å². The summed E-state index contributed by atoms with van der Waals surface area (Å²) in [5, 5.41) is 8.09. The van der Waals surface area contributed by atoms with Crippen molar-refractivity contribution in [3.05, 3.63) is 64.5 Å². The van der Waals surface area contributed by atoms with Crippen molar-refractivity contribution in [1.82, 2.24) is 20.4 Å². The number of nitrogens with zero attached hydrogens (tertiary/aromatic N) is 2. The van der Waals surface area contributed by atoms with Crippen LogP contribution in [0, 0.1) is 11.7 Å². The number of aryl methyl sites for hydroxylation is 2. The van der Waals surface area contributed by atoms with Crippen molar-refractivity contribution in [2.75, 3.05) is 18.9 Å². The van der Waals surface area contributed by atoms with Gasteiger partial charge in [0.1, 0.15) is 17.9 Å². The minimum atomic E-state index is -1.21. The summed E-state index contributed by atoms with van der Waals surface area (Å²) in [6.45, 7) is 0.00611. The maximum absolute atomic E-state index is 13.9. The Balaban J connectivity index is 1.23. The Morgan fingerprint density at radius 2 is 1.87 bits per heavy atom. The van der Waals surface area contributed by atoms with Crippen molar-refractivity contribution in [1.29, 1.82) is 0 Å². The fourth-order valence-electron chi connectivity index (χ4n) is 6.28. The standard InChI is InChI=1S/C28H30FN5O4/c1-30-26(37)31-21-7-8-22-18(13-21)10-11-28(22)25(36)34(27(38)32-28)15-24(35)33-14-19-4-6-20(29)12-17(19)5-9-23(33)16-2-3-16/h4,6-8,12-13,16,23H,2-3,5,9-11,14-15H2,1H3,(H,32,38)(H2,30,31,37). The van der Waals surface area contributed by atoms with Gasteiger partial charge in [-0.05, 0) is 91.0 Å². The van der Waals surface area contributed by atoms with E-state index in [9.17, 15) is 23.6 Å². The van der Waals surface area contributed by atoms with E-state index >= 15 is 0 Å². The van der Waals surface area contributed by atoms with Gasteiger partial charge in [0.05, 0.1) is 0 Å². The van der Waals surface area contributed by atoms with Crippen LogP contribution in [-0.4, -0.2) is 53.3 Å². The van der Waals surface area contributed by atoms with Crippen molar-refractivity contribution < 1.29 is 23.6 Å². The largest absolute Gasteiger partial charge is 0.341 e. The smallest absolute Gasteiger partial charge is 0.325 e. The van der Waals surface area contributed by atoms with Crippen LogP contribution in [0.1, 0.15) is 47.9 Å². The number of carbonyl (C=O) groups is 4. The normalized spacial score (nSPS) is 24.1. The maximum Gasteiger partial charge on any atom is 0.325 e. The number of fused-ring (bicyclic) bond motifs is 3. The average Bonchev–Trinajstić information content (AvgIpc) is 3.66. The molecule has 1 spiro atoms. The quantitative estimate of drug-likeness (QED) is 0.540. The number of carbonyl (C=O) groups excluding carboxylic acids is 4. The number of halogens is 1. The first-order valence-corrected chi connectivity index (χ1v) is 13.1. The minimum Gasteiger partial charge on any atom is -0.341 e. The molecule has 2 aliphatic heterocycles. The van der Waals surface area contributed by atoms with Gasteiger partial charge in [0.15, 0.2) is 0 Å². The summed E-state index contributed by atoms with van der Waals surface area (Å²) in [5.41, 5.74) is 2.75. The van der Waals surface area contributed by atoms with Crippen molar-refractivity contribution >= 4 is 29.6 Å². The van der Waals surface area contributed by atoms with Crippen LogP contribution in [-0.2, 0) is 34.5 Å².